The van der Waals surface area contributed by atoms with E-state index >= 15 is 0 Å². The summed E-state index contributed by atoms with van der Waals surface area (Å²) in [7, 11) is 3.27. The number of rotatable bonds is 5. The van der Waals surface area contributed by atoms with E-state index in [1.54, 1.807) is 25.6 Å². The zero-order valence-electron chi connectivity index (χ0n) is 19.1. The highest BCUT2D eigenvalue weighted by Gasteiger charge is 2.36. The number of nitrogens with one attached hydrogen (secondary N) is 2. The van der Waals surface area contributed by atoms with Gasteiger partial charge in [0.2, 0.25) is 0 Å². The molecule has 0 saturated carbocycles. The lowest BCUT2D eigenvalue weighted by molar-refractivity contribution is -0.116. The molecular weight excluding hydrogens is 432 g/mol. The van der Waals surface area contributed by atoms with Crippen LogP contribution in [0.15, 0.2) is 65.9 Å². The highest BCUT2D eigenvalue weighted by molar-refractivity contribution is 7.12. The minimum Gasteiger partial charge on any atom is -0.493 e. The smallest absolute Gasteiger partial charge is 0.163 e. The topological polar surface area (TPSA) is 59.6 Å². The Labute approximate surface area is 198 Å². The molecule has 0 spiro atoms. The largest absolute Gasteiger partial charge is 0.493 e. The number of thiophene rings is 1. The third-order valence-corrected chi connectivity index (χ3v) is 7.80. The van der Waals surface area contributed by atoms with Crippen molar-refractivity contribution in [3.05, 3.63) is 81.2 Å². The Hall–Kier alpha value is -3.25. The number of anilines is 2. The van der Waals surface area contributed by atoms with E-state index in [0.29, 0.717) is 17.9 Å². The Morgan fingerprint density at radius 3 is 2.48 bits per heavy atom. The molecule has 2 aromatic carbocycles. The van der Waals surface area contributed by atoms with Crippen LogP contribution < -0.4 is 20.1 Å². The van der Waals surface area contributed by atoms with Crippen molar-refractivity contribution in [3.63, 3.8) is 0 Å². The monoisotopic (exact) mass is 460 g/mol. The number of hydrogen-bond acceptors (Lipinski definition) is 6. The highest BCUT2D eigenvalue weighted by Crippen LogP contribution is 2.46. The average molecular weight is 461 g/mol. The number of fused-ring (bicyclic) bond motifs is 1. The van der Waals surface area contributed by atoms with Gasteiger partial charge in [-0.1, -0.05) is 25.1 Å². The summed E-state index contributed by atoms with van der Waals surface area (Å²) in [4.78, 5) is 16.2. The van der Waals surface area contributed by atoms with Gasteiger partial charge in [0.25, 0.3) is 0 Å². The van der Waals surface area contributed by atoms with Gasteiger partial charge in [-0.2, -0.15) is 0 Å². The van der Waals surface area contributed by atoms with Crippen molar-refractivity contribution in [2.45, 2.75) is 38.1 Å². The Morgan fingerprint density at radius 1 is 0.970 bits per heavy atom. The second kappa shape index (κ2) is 8.94. The second-order valence-corrected chi connectivity index (χ2v) is 9.64. The Balaban J connectivity index is 1.57. The van der Waals surface area contributed by atoms with Gasteiger partial charge in [-0.25, -0.2) is 0 Å². The number of ether oxygens (including phenoxy) is 2. The van der Waals surface area contributed by atoms with Crippen LogP contribution in [0, 0.1) is 0 Å². The Bertz CT molecular complexity index is 1230. The predicted molar refractivity (Wildman–Crippen MR) is 134 cm³/mol. The van der Waals surface area contributed by atoms with Crippen LogP contribution in [0.1, 0.15) is 47.0 Å². The van der Waals surface area contributed by atoms with Crippen LogP contribution in [-0.2, 0) is 11.2 Å². The summed E-state index contributed by atoms with van der Waals surface area (Å²) in [5.41, 5.74) is 4.95. The van der Waals surface area contributed by atoms with Gasteiger partial charge in [0, 0.05) is 27.4 Å². The maximum absolute atomic E-state index is 13.7. The molecule has 2 atom stereocenters. The zero-order valence-corrected chi connectivity index (χ0v) is 19.9. The summed E-state index contributed by atoms with van der Waals surface area (Å²) in [6.07, 6.45) is 2.22. The first-order valence-corrected chi connectivity index (χ1v) is 12.1. The van der Waals surface area contributed by atoms with Gasteiger partial charge in [0.1, 0.15) is 0 Å². The molecule has 0 amide bonds. The molecule has 1 aliphatic heterocycles. The maximum atomic E-state index is 13.7. The van der Waals surface area contributed by atoms with Gasteiger partial charge in [-0.3, -0.25) is 4.79 Å². The molecule has 0 fully saturated rings. The van der Waals surface area contributed by atoms with E-state index in [9.17, 15) is 4.79 Å². The lowest BCUT2D eigenvalue weighted by atomic mass is 9.79. The zero-order chi connectivity index (χ0) is 22.9. The van der Waals surface area contributed by atoms with E-state index in [0.717, 1.165) is 41.1 Å². The molecule has 5 rings (SSSR count). The molecule has 0 radical (unpaired) electrons. The van der Waals surface area contributed by atoms with Crippen molar-refractivity contribution >= 4 is 28.5 Å². The van der Waals surface area contributed by atoms with Gasteiger partial charge < -0.3 is 20.1 Å². The molecule has 0 bridgehead atoms. The summed E-state index contributed by atoms with van der Waals surface area (Å²) in [6.45, 7) is 2.16. The minimum atomic E-state index is -0.152. The van der Waals surface area contributed by atoms with Crippen LogP contribution in [0.25, 0.3) is 0 Å². The number of carbonyl (C=O) groups excluding carboxylic acids is 1. The average Bonchev–Trinajstić information content (AvgIpc) is 3.25. The van der Waals surface area contributed by atoms with E-state index in [4.69, 9.17) is 9.47 Å². The van der Waals surface area contributed by atoms with Gasteiger partial charge in [-0.05, 0) is 60.7 Å². The van der Waals surface area contributed by atoms with Crippen LogP contribution in [0.4, 0.5) is 11.4 Å². The quantitative estimate of drug-likeness (QED) is 0.467. The molecule has 170 valence electrons. The second-order valence-electron chi connectivity index (χ2n) is 8.44. The molecule has 2 aliphatic rings. The van der Waals surface area contributed by atoms with Crippen molar-refractivity contribution in [2.24, 2.45) is 0 Å². The van der Waals surface area contributed by atoms with Crippen LogP contribution in [0.3, 0.4) is 0 Å². The number of hydrogen-bond donors (Lipinski definition) is 2. The number of benzene rings is 2. The van der Waals surface area contributed by atoms with Crippen LogP contribution in [-0.4, -0.2) is 20.0 Å². The van der Waals surface area contributed by atoms with Crippen molar-refractivity contribution in [2.75, 3.05) is 24.9 Å². The van der Waals surface area contributed by atoms with Gasteiger partial charge in [0.05, 0.1) is 31.6 Å². The lowest BCUT2D eigenvalue weighted by Crippen LogP contribution is -2.26. The number of methoxy groups -OCH3 is 2. The summed E-state index contributed by atoms with van der Waals surface area (Å²) in [6, 6.07) is 18.3. The minimum absolute atomic E-state index is 0.0732. The summed E-state index contributed by atoms with van der Waals surface area (Å²) >= 11 is 1.78. The van der Waals surface area contributed by atoms with Gasteiger partial charge in [-0.15, -0.1) is 11.3 Å². The highest BCUT2D eigenvalue weighted by atomic mass is 32.1. The van der Waals surface area contributed by atoms with E-state index < -0.39 is 0 Å². The first-order valence-electron chi connectivity index (χ1n) is 11.3. The van der Waals surface area contributed by atoms with Gasteiger partial charge >= 0.3 is 0 Å². The molecule has 1 aromatic heterocycles. The first-order chi connectivity index (χ1) is 16.1. The fourth-order valence-corrected chi connectivity index (χ4v) is 5.80. The molecule has 3 aromatic rings. The van der Waals surface area contributed by atoms with E-state index in [-0.39, 0.29) is 17.7 Å². The normalized spacial score (nSPS) is 19.7. The number of para-hydroxylation sites is 2. The number of ketones is 1. The van der Waals surface area contributed by atoms with Crippen LogP contribution >= 0.6 is 11.3 Å². The van der Waals surface area contributed by atoms with Crippen molar-refractivity contribution in [3.8, 4) is 11.5 Å². The lowest BCUT2D eigenvalue weighted by Gasteiger charge is -2.29. The molecule has 33 heavy (non-hydrogen) atoms. The summed E-state index contributed by atoms with van der Waals surface area (Å²) < 4.78 is 10.9. The van der Waals surface area contributed by atoms with E-state index in [1.807, 2.05) is 30.3 Å². The first kappa shape index (κ1) is 21.6. The van der Waals surface area contributed by atoms with Gasteiger partial charge in [0.15, 0.2) is 17.3 Å². The number of aryl methyl sites for hydroxylation is 1. The Morgan fingerprint density at radius 2 is 1.76 bits per heavy atom. The van der Waals surface area contributed by atoms with Crippen LogP contribution in [0.2, 0.25) is 0 Å². The fourth-order valence-electron chi connectivity index (χ4n) is 4.79. The van der Waals surface area contributed by atoms with Crippen molar-refractivity contribution in [1.29, 1.82) is 0 Å². The number of Topliss-reactive ketones (excluding diaryl/α,β-unsaturated/α-hetero) is 1. The van der Waals surface area contributed by atoms with Crippen LogP contribution in [0.5, 0.6) is 11.5 Å². The molecule has 1 aliphatic carbocycles. The molecule has 0 unspecified atom stereocenters. The van der Waals surface area contributed by atoms with Crippen molar-refractivity contribution in [1.82, 2.24) is 0 Å². The van der Waals surface area contributed by atoms with E-state index in [2.05, 4.69) is 41.8 Å². The van der Waals surface area contributed by atoms with Crippen molar-refractivity contribution < 1.29 is 14.3 Å². The molecule has 0 saturated heterocycles. The number of allylic oxidation sites excluding steroid dienone is 1. The standard InChI is InChI=1S/C27H28N2O3S/c1-4-18-10-12-25(33-18)27-26-21(28-19-7-5-6-8-20(19)29-27)13-17(14-22(26)30)16-9-11-23(31-2)24(15-16)32-3/h5-12,15,17,27-29H,4,13-14H2,1-3H3/t17-,27-/m1/s1. The van der Waals surface area contributed by atoms with E-state index in [1.165, 1.54) is 9.75 Å². The predicted octanol–water partition coefficient (Wildman–Crippen LogP) is 6.31. The molecule has 2 N–H and O–H groups in total. The molecular formula is C27H28N2O3S. The third kappa shape index (κ3) is 4.00. The molecule has 5 nitrogen and oxygen atoms in total. The Kier molecular flexibility index (Phi) is 5.85. The SMILES string of the molecule is CCc1ccc([C@H]2Nc3ccccc3NC3=C2C(=O)C[C@H](c2ccc(OC)c(OC)c2)C3)s1. The molecule has 2 heterocycles. The molecule has 6 heteroatoms. The third-order valence-electron chi connectivity index (χ3n) is 6.50. The fraction of sp³-hybridized carbons (Fsp3) is 0.296. The maximum Gasteiger partial charge on any atom is 0.163 e. The summed E-state index contributed by atoms with van der Waals surface area (Å²) in [5, 5.41) is 7.27. The summed E-state index contributed by atoms with van der Waals surface area (Å²) in [5.74, 6) is 1.63. The number of carbonyl (C=O) groups is 1.